The van der Waals surface area contributed by atoms with E-state index in [4.69, 9.17) is 4.55 Å². The van der Waals surface area contributed by atoms with Gasteiger partial charge in [-0.1, -0.05) is 0 Å². The zero-order chi connectivity index (χ0) is 7.65. The molecule has 0 spiro atoms. The van der Waals surface area contributed by atoms with Gasteiger partial charge in [0.15, 0.2) is 0 Å². The second-order valence-electron chi connectivity index (χ2n) is 1.01. The van der Waals surface area contributed by atoms with E-state index in [1.165, 1.54) is 0 Å². The first-order valence-electron chi connectivity index (χ1n) is 1.54. The van der Waals surface area contributed by atoms with Crippen LogP contribution in [-0.2, 0) is 10.1 Å². The first kappa shape index (κ1) is 13.1. The first-order chi connectivity index (χ1) is 3.85. The Balaban J connectivity index is -0.000000320. The molecule has 0 amide bonds. The van der Waals surface area contributed by atoms with E-state index < -0.39 is 21.4 Å². The molecule has 8 heteroatoms. The molecule has 0 aromatic rings. The van der Waals surface area contributed by atoms with Crippen LogP contribution in [-0.4, -0.2) is 13.0 Å². The van der Waals surface area contributed by atoms with Gasteiger partial charge in [-0.15, -0.1) is 0 Å². The van der Waals surface area contributed by atoms with Crippen molar-refractivity contribution in [3.05, 3.63) is 11.2 Å². The van der Waals surface area contributed by atoms with Gasteiger partial charge in [0.05, 0.1) is 0 Å². The molecule has 0 radical (unpaired) electrons. The quantitative estimate of drug-likeness (QED) is 0.381. The zero-order valence-electron chi connectivity index (χ0n) is 5.81. The van der Waals surface area contributed by atoms with Crippen molar-refractivity contribution >= 4 is 10.1 Å². The van der Waals surface area contributed by atoms with Crippen LogP contribution in [0.5, 0.6) is 0 Å². The molecule has 0 aliphatic carbocycles. The van der Waals surface area contributed by atoms with Gasteiger partial charge in [-0.25, -0.2) is 0 Å². The Morgan fingerprint density at radius 3 is 1.60 bits per heavy atom. The molecule has 0 bridgehead atoms. The molecule has 0 unspecified atom stereocenters. The fourth-order valence-corrected chi connectivity index (χ4v) is 0.292. The minimum absolute atomic E-state index is 0. The summed E-state index contributed by atoms with van der Waals surface area (Å²) in [6, 6.07) is 0. The third kappa shape index (κ3) is 4.29. The predicted molar refractivity (Wildman–Crippen MR) is 23.0 cm³/mol. The van der Waals surface area contributed by atoms with Crippen LogP contribution >= 0.6 is 0 Å². The molecule has 3 nitrogen and oxygen atoms in total. The molecule has 56 valence electrons. The van der Waals surface area contributed by atoms with E-state index in [9.17, 15) is 21.6 Å². The van der Waals surface area contributed by atoms with Crippen LogP contribution in [0.25, 0.3) is 0 Å². The van der Waals surface area contributed by atoms with Crippen molar-refractivity contribution in [1.82, 2.24) is 0 Å². The summed E-state index contributed by atoms with van der Waals surface area (Å²) in [5, 5.41) is -2.80. The fourth-order valence-electron chi connectivity index (χ4n) is 0.0975. The third-order valence-electron chi connectivity index (χ3n) is 0.375. The number of hydrogen-bond acceptors (Lipinski definition) is 2. The predicted octanol–water partition coefficient (Wildman–Crippen LogP) is -1.97. The van der Waals surface area contributed by atoms with E-state index in [2.05, 4.69) is 0 Å². The molecule has 0 fully saturated rings. The van der Waals surface area contributed by atoms with E-state index >= 15 is 0 Å². The van der Waals surface area contributed by atoms with E-state index in [0.29, 0.717) is 0 Å². The van der Waals surface area contributed by atoms with Crippen molar-refractivity contribution in [2.45, 2.75) is 0 Å². The van der Waals surface area contributed by atoms with Crippen molar-refractivity contribution < 1.29 is 57.1 Å². The fraction of sp³-hybridized carbons (Fsp3) is 0. The van der Waals surface area contributed by atoms with Gasteiger partial charge in [0, 0.05) is 0 Å². The molecular weight excluding hydrogens is 184 g/mol. The summed E-state index contributed by atoms with van der Waals surface area (Å²) >= 11 is 0. The van der Waals surface area contributed by atoms with Crippen LogP contribution in [0.15, 0.2) is 11.2 Å². The standard InChI is InChI=1S/C2HF3O3S.Na.H/c3-1(4)2(5)9(6,7)8;;/h(H,6,7,8);;/q;+1;-1. The minimum atomic E-state index is -5.34. The summed E-state index contributed by atoms with van der Waals surface area (Å²) in [7, 11) is -5.34. The van der Waals surface area contributed by atoms with Crippen molar-refractivity contribution in [3.8, 4) is 0 Å². The van der Waals surface area contributed by atoms with Gasteiger partial charge in [-0.05, 0) is 0 Å². The average Bonchev–Trinajstić information content (AvgIpc) is 1.62. The summed E-state index contributed by atoms with van der Waals surface area (Å²) < 4.78 is 59.5. The number of hydrogen-bond donors (Lipinski definition) is 1. The van der Waals surface area contributed by atoms with Crippen LogP contribution in [0.2, 0.25) is 0 Å². The van der Waals surface area contributed by atoms with Crippen molar-refractivity contribution in [3.63, 3.8) is 0 Å². The molecule has 0 saturated heterocycles. The Morgan fingerprint density at radius 2 is 1.60 bits per heavy atom. The average molecular weight is 186 g/mol. The van der Waals surface area contributed by atoms with Gasteiger partial charge in [-0.2, -0.15) is 21.6 Å². The molecule has 0 heterocycles. The maximum atomic E-state index is 11.3. The van der Waals surface area contributed by atoms with Gasteiger partial charge in [-0.3, -0.25) is 4.55 Å². The summed E-state index contributed by atoms with van der Waals surface area (Å²) in [6.07, 6.45) is -3.06. The smallest absolute Gasteiger partial charge is 1.00 e. The molecular formula is C2H2F3NaO3S. The topological polar surface area (TPSA) is 54.4 Å². The summed E-state index contributed by atoms with van der Waals surface area (Å²) in [6.45, 7) is 0. The minimum Gasteiger partial charge on any atom is -1.00 e. The van der Waals surface area contributed by atoms with Crippen LogP contribution in [0.4, 0.5) is 13.2 Å². The summed E-state index contributed by atoms with van der Waals surface area (Å²) in [4.78, 5) is 0. The maximum absolute atomic E-state index is 11.3. The molecule has 0 atom stereocenters. The van der Waals surface area contributed by atoms with E-state index in [1.54, 1.807) is 0 Å². The molecule has 0 rings (SSSR count). The second-order valence-corrected chi connectivity index (χ2v) is 2.32. The molecule has 0 aromatic heterocycles. The molecule has 1 N–H and O–H groups in total. The zero-order valence-corrected chi connectivity index (χ0v) is 7.62. The summed E-state index contributed by atoms with van der Waals surface area (Å²) in [5.41, 5.74) is 0. The first-order valence-corrected chi connectivity index (χ1v) is 2.98. The van der Waals surface area contributed by atoms with Gasteiger partial charge in [0.1, 0.15) is 0 Å². The largest absolute Gasteiger partial charge is 1.00 e. The molecule has 10 heavy (non-hydrogen) atoms. The number of halogens is 3. The van der Waals surface area contributed by atoms with Gasteiger partial charge < -0.3 is 1.43 Å². The molecule has 0 saturated carbocycles. The van der Waals surface area contributed by atoms with Crippen molar-refractivity contribution in [2.24, 2.45) is 0 Å². The summed E-state index contributed by atoms with van der Waals surface area (Å²) in [5.74, 6) is 0. The van der Waals surface area contributed by atoms with Crippen LogP contribution in [0, 0.1) is 0 Å². The monoisotopic (exact) mass is 186 g/mol. The Kier molecular flexibility index (Phi) is 5.68. The van der Waals surface area contributed by atoms with Gasteiger partial charge >= 0.3 is 50.9 Å². The van der Waals surface area contributed by atoms with Crippen LogP contribution < -0.4 is 29.6 Å². The second kappa shape index (κ2) is 4.35. The van der Waals surface area contributed by atoms with Crippen LogP contribution in [0.3, 0.4) is 0 Å². The van der Waals surface area contributed by atoms with E-state index in [0.717, 1.165) is 0 Å². The van der Waals surface area contributed by atoms with E-state index in [-0.39, 0.29) is 31.0 Å². The Hall–Kier alpha value is 0.440. The Bertz CT molecular complexity index is 233. The molecule has 0 aromatic carbocycles. The Morgan fingerprint density at radius 1 is 1.30 bits per heavy atom. The normalized spacial score (nSPS) is 10.0. The van der Waals surface area contributed by atoms with Gasteiger partial charge in [0.2, 0.25) is 0 Å². The van der Waals surface area contributed by atoms with Crippen molar-refractivity contribution in [1.29, 1.82) is 0 Å². The number of rotatable bonds is 1. The van der Waals surface area contributed by atoms with Gasteiger partial charge in [0.25, 0.3) is 0 Å². The molecule has 0 aliphatic rings. The van der Waals surface area contributed by atoms with Crippen LogP contribution in [0.1, 0.15) is 1.43 Å². The third-order valence-corrected chi connectivity index (χ3v) is 0.982. The molecule has 0 aliphatic heterocycles. The SMILES string of the molecule is O=S(=O)(O)C(F)=C(F)F.[H-].[Na+]. The maximum Gasteiger partial charge on any atom is 1.00 e. The van der Waals surface area contributed by atoms with E-state index in [1.807, 2.05) is 0 Å². The Labute approximate surface area is 78.4 Å². The van der Waals surface area contributed by atoms with Crippen molar-refractivity contribution in [2.75, 3.05) is 0 Å².